The molecule has 0 radical (unpaired) electrons. The maximum Gasteiger partial charge on any atom is 0.338 e. The van der Waals surface area contributed by atoms with E-state index in [2.05, 4.69) is 0 Å². The molecule has 2 N–H and O–H groups in total. The van der Waals surface area contributed by atoms with Gasteiger partial charge in [0, 0.05) is 0 Å². The van der Waals surface area contributed by atoms with Crippen LogP contribution < -0.4 is 4.74 Å². The lowest BCUT2D eigenvalue weighted by Crippen LogP contribution is -2.43. The predicted molar refractivity (Wildman–Crippen MR) is 96.0 cm³/mol. The Labute approximate surface area is 152 Å². The highest BCUT2D eigenvalue weighted by Crippen LogP contribution is 2.16. The summed E-state index contributed by atoms with van der Waals surface area (Å²) in [6.07, 6.45) is -2.86. The van der Waals surface area contributed by atoms with Gasteiger partial charge in [0.15, 0.2) is 6.10 Å². The minimum atomic E-state index is -1.24. The molecule has 0 bridgehead atoms. The summed E-state index contributed by atoms with van der Waals surface area (Å²) in [4.78, 5) is 12.2. The van der Waals surface area contributed by atoms with E-state index in [9.17, 15) is 15.0 Å². The second-order valence-electron chi connectivity index (χ2n) is 5.85. The van der Waals surface area contributed by atoms with Crippen LogP contribution in [-0.2, 0) is 16.1 Å². The van der Waals surface area contributed by atoms with Crippen LogP contribution >= 0.6 is 0 Å². The molecule has 2 aromatic carbocycles. The number of benzene rings is 2. The Hall–Kier alpha value is -2.41. The molecule has 0 saturated carbocycles. The fraction of sp³-hybridized carbons (Fsp3) is 0.350. The lowest BCUT2D eigenvalue weighted by molar-refractivity contribution is -0.107. The number of ether oxygens (including phenoxy) is 3. The van der Waals surface area contributed by atoms with E-state index in [1.54, 1.807) is 44.4 Å². The van der Waals surface area contributed by atoms with Gasteiger partial charge in [0.1, 0.15) is 11.9 Å². The van der Waals surface area contributed by atoms with Crippen LogP contribution in [0.25, 0.3) is 0 Å². The van der Waals surface area contributed by atoms with Crippen molar-refractivity contribution in [2.45, 2.75) is 31.8 Å². The minimum absolute atomic E-state index is 0.267. The van der Waals surface area contributed by atoms with Crippen molar-refractivity contribution < 1.29 is 29.2 Å². The van der Waals surface area contributed by atoms with Crippen LogP contribution in [0.4, 0.5) is 0 Å². The fourth-order valence-corrected chi connectivity index (χ4v) is 2.40. The van der Waals surface area contributed by atoms with Gasteiger partial charge in [-0.1, -0.05) is 30.3 Å². The van der Waals surface area contributed by atoms with Crippen molar-refractivity contribution >= 4 is 5.97 Å². The van der Waals surface area contributed by atoms with Crippen molar-refractivity contribution in [3.8, 4) is 5.75 Å². The quantitative estimate of drug-likeness (QED) is 0.667. The van der Waals surface area contributed by atoms with Crippen molar-refractivity contribution in [2.75, 3.05) is 13.7 Å². The van der Waals surface area contributed by atoms with Crippen molar-refractivity contribution in [3.05, 3.63) is 65.7 Å². The summed E-state index contributed by atoms with van der Waals surface area (Å²) in [5.41, 5.74) is 1.27. The summed E-state index contributed by atoms with van der Waals surface area (Å²) in [5, 5.41) is 19.3. The molecule has 6 heteroatoms. The van der Waals surface area contributed by atoms with Gasteiger partial charge in [-0.25, -0.2) is 4.79 Å². The van der Waals surface area contributed by atoms with E-state index in [4.69, 9.17) is 14.2 Å². The van der Waals surface area contributed by atoms with Crippen LogP contribution in [0.15, 0.2) is 54.6 Å². The van der Waals surface area contributed by atoms with Crippen LogP contribution in [0, 0.1) is 0 Å². The van der Waals surface area contributed by atoms with Crippen molar-refractivity contribution in [1.82, 2.24) is 0 Å². The number of methoxy groups -OCH3 is 1. The first-order chi connectivity index (χ1) is 12.5. The summed E-state index contributed by atoms with van der Waals surface area (Å²) in [5.74, 6) is 0.162. The number of carbonyl (C=O) groups excluding carboxylic acids is 1. The monoisotopic (exact) mass is 360 g/mol. The molecule has 0 aromatic heterocycles. The molecule has 0 heterocycles. The van der Waals surface area contributed by atoms with E-state index in [1.165, 1.54) is 0 Å². The van der Waals surface area contributed by atoms with Crippen LogP contribution in [0.2, 0.25) is 0 Å². The summed E-state index contributed by atoms with van der Waals surface area (Å²) in [6.45, 7) is 1.41. The van der Waals surface area contributed by atoms with Crippen LogP contribution in [0.5, 0.6) is 5.75 Å². The van der Waals surface area contributed by atoms with E-state index in [1.807, 2.05) is 24.3 Å². The molecule has 2 aromatic rings. The number of hydrogen-bond donors (Lipinski definition) is 2. The van der Waals surface area contributed by atoms with E-state index in [0.29, 0.717) is 5.56 Å². The molecule has 140 valence electrons. The molecule has 26 heavy (non-hydrogen) atoms. The maximum atomic E-state index is 12.2. The zero-order chi connectivity index (χ0) is 18.9. The van der Waals surface area contributed by atoms with Gasteiger partial charge in [0.05, 0.1) is 32.0 Å². The molecule has 0 aliphatic rings. The van der Waals surface area contributed by atoms with E-state index in [-0.39, 0.29) is 6.61 Å². The third-order valence-corrected chi connectivity index (χ3v) is 3.95. The van der Waals surface area contributed by atoms with Gasteiger partial charge in [-0.05, 0) is 36.8 Å². The topological polar surface area (TPSA) is 85.2 Å². The second-order valence-corrected chi connectivity index (χ2v) is 5.85. The number of carbonyl (C=O) groups is 1. The molecular weight excluding hydrogens is 336 g/mol. The Balaban J connectivity index is 1.99. The first kappa shape index (κ1) is 19.9. The molecule has 0 spiro atoms. The van der Waals surface area contributed by atoms with Crippen molar-refractivity contribution in [3.63, 3.8) is 0 Å². The summed E-state index contributed by atoms with van der Waals surface area (Å²) < 4.78 is 16.2. The number of rotatable bonds is 9. The average molecular weight is 360 g/mol. The zero-order valence-electron chi connectivity index (χ0n) is 14.9. The van der Waals surface area contributed by atoms with Gasteiger partial charge in [-0.15, -0.1) is 0 Å². The average Bonchev–Trinajstić information content (AvgIpc) is 2.70. The van der Waals surface area contributed by atoms with Crippen molar-refractivity contribution in [2.24, 2.45) is 0 Å². The minimum Gasteiger partial charge on any atom is -0.497 e. The summed E-state index contributed by atoms with van der Waals surface area (Å²) in [6, 6.07) is 15.8. The van der Waals surface area contributed by atoms with Crippen molar-refractivity contribution in [1.29, 1.82) is 0 Å². The first-order valence-corrected chi connectivity index (χ1v) is 8.34. The highest BCUT2D eigenvalue weighted by molar-refractivity contribution is 5.89. The van der Waals surface area contributed by atoms with Gasteiger partial charge in [-0.3, -0.25) is 0 Å². The highest BCUT2D eigenvalue weighted by atomic mass is 16.6. The van der Waals surface area contributed by atoms with Gasteiger partial charge in [0.2, 0.25) is 0 Å². The molecule has 0 aliphatic heterocycles. The predicted octanol–water partition coefficient (Wildman–Crippen LogP) is 2.18. The number of esters is 1. The number of aliphatic hydroxyl groups excluding tert-OH is 2. The molecule has 0 fully saturated rings. The Kier molecular flexibility index (Phi) is 7.59. The van der Waals surface area contributed by atoms with E-state index in [0.717, 1.165) is 11.3 Å². The second kappa shape index (κ2) is 9.91. The molecule has 3 atom stereocenters. The van der Waals surface area contributed by atoms with Crippen LogP contribution in [0.1, 0.15) is 22.8 Å². The maximum absolute atomic E-state index is 12.2. The molecule has 0 unspecified atom stereocenters. The molecule has 6 nitrogen and oxygen atoms in total. The standard InChI is InChI=1S/C20H24O6/c1-14(25-13-15-8-10-17(24-2)11-9-15)19(18(22)12-21)26-20(23)16-6-4-3-5-7-16/h3-11,14,18-19,21-22H,12-13H2,1-2H3/t14-,18+,19-/m0/s1. The Morgan fingerprint density at radius 2 is 1.73 bits per heavy atom. The summed E-state index contributed by atoms with van der Waals surface area (Å²) in [7, 11) is 1.59. The van der Waals surface area contributed by atoms with Gasteiger partial charge in [-0.2, -0.15) is 0 Å². The molecule has 2 rings (SSSR count). The lowest BCUT2D eigenvalue weighted by Gasteiger charge is -2.27. The molecular formula is C20H24O6. The highest BCUT2D eigenvalue weighted by Gasteiger charge is 2.30. The van der Waals surface area contributed by atoms with E-state index >= 15 is 0 Å². The number of aliphatic hydroxyl groups is 2. The largest absolute Gasteiger partial charge is 0.497 e. The Morgan fingerprint density at radius 3 is 2.31 bits per heavy atom. The Morgan fingerprint density at radius 1 is 1.08 bits per heavy atom. The molecule has 0 amide bonds. The molecule has 0 saturated heterocycles. The summed E-state index contributed by atoms with van der Waals surface area (Å²) >= 11 is 0. The number of hydrogen-bond acceptors (Lipinski definition) is 6. The normalized spacial score (nSPS) is 14.3. The van der Waals surface area contributed by atoms with Gasteiger partial charge < -0.3 is 24.4 Å². The van der Waals surface area contributed by atoms with E-state index < -0.39 is 30.9 Å². The lowest BCUT2D eigenvalue weighted by atomic mass is 10.1. The van der Waals surface area contributed by atoms with Gasteiger partial charge >= 0.3 is 5.97 Å². The Bertz CT molecular complexity index is 670. The third kappa shape index (κ3) is 5.56. The fourth-order valence-electron chi connectivity index (χ4n) is 2.40. The SMILES string of the molecule is COc1ccc(CO[C@@H](C)[C@H](OC(=O)c2ccccc2)[C@H](O)CO)cc1. The van der Waals surface area contributed by atoms with Gasteiger partial charge in [0.25, 0.3) is 0 Å². The third-order valence-electron chi connectivity index (χ3n) is 3.95. The van der Waals surface area contributed by atoms with Crippen LogP contribution in [-0.4, -0.2) is 48.2 Å². The molecule has 0 aliphatic carbocycles. The smallest absolute Gasteiger partial charge is 0.338 e. The first-order valence-electron chi connectivity index (χ1n) is 8.34. The zero-order valence-corrected chi connectivity index (χ0v) is 14.9. The van der Waals surface area contributed by atoms with Crippen LogP contribution in [0.3, 0.4) is 0 Å².